The van der Waals surface area contributed by atoms with Gasteiger partial charge in [0.15, 0.2) is 11.3 Å². The Morgan fingerprint density at radius 1 is 1.28 bits per heavy atom. The maximum absolute atomic E-state index is 11.6. The highest BCUT2D eigenvalue weighted by Crippen LogP contribution is 2.35. The Morgan fingerprint density at radius 2 is 1.94 bits per heavy atom. The molecule has 0 saturated carbocycles. The third kappa shape index (κ3) is 2.70. The first-order chi connectivity index (χ1) is 8.58. The normalized spacial score (nSPS) is 18.4. The van der Waals surface area contributed by atoms with Crippen molar-refractivity contribution in [2.75, 3.05) is 0 Å². The second-order valence-corrected chi connectivity index (χ2v) is 4.80. The van der Waals surface area contributed by atoms with Crippen molar-refractivity contribution in [1.82, 2.24) is 9.62 Å². The molecule has 0 aromatic heterocycles. The van der Waals surface area contributed by atoms with E-state index in [4.69, 9.17) is 0 Å². The fourth-order valence-electron chi connectivity index (χ4n) is 1.61. The van der Waals surface area contributed by atoms with Gasteiger partial charge in [0.05, 0.1) is 0 Å². The maximum Gasteiger partial charge on any atom is 0.231 e. The lowest BCUT2D eigenvalue weighted by molar-refractivity contribution is -0.125. The number of rotatable bonds is 1. The third-order valence-electron chi connectivity index (χ3n) is 2.34. The van der Waals surface area contributed by atoms with Gasteiger partial charge >= 0.3 is 0 Å². The van der Waals surface area contributed by atoms with Crippen LogP contribution in [0.15, 0.2) is 35.3 Å². The average molecular weight is 263 g/mol. The molecule has 1 aromatic rings. The molecule has 1 N–H and O–H groups in total. The molecule has 6 heteroatoms. The van der Waals surface area contributed by atoms with Crippen LogP contribution in [0, 0.1) is 0 Å². The van der Waals surface area contributed by atoms with Crippen molar-refractivity contribution in [1.29, 1.82) is 0 Å². The first-order valence-electron chi connectivity index (χ1n) is 5.46. The highest BCUT2D eigenvalue weighted by Gasteiger charge is 2.31. The van der Waals surface area contributed by atoms with Crippen LogP contribution in [-0.2, 0) is 9.59 Å². The van der Waals surface area contributed by atoms with E-state index in [1.807, 2.05) is 30.3 Å². The van der Waals surface area contributed by atoms with E-state index >= 15 is 0 Å². The Kier molecular flexibility index (Phi) is 3.66. The molecule has 0 radical (unpaired) electrons. The number of carbonyl (C=O) groups is 2. The number of nitrogens with one attached hydrogen (secondary N) is 1. The summed E-state index contributed by atoms with van der Waals surface area (Å²) in [5.41, 5.74) is 0.917. The summed E-state index contributed by atoms with van der Waals surface area (Å²) in [5, 5.41) is 3.06. The van der Waals surface area contributed by atoms with Crippen LogP contribution in [0.1, 0.15) is 25.6 Å². The lowest BCUT2D eigenvalue weighted by Crippen LogP contribution is -2.26. The standard InChI is InChI=1S/C12H13N3O2S/c1-8(16)13-12-14-11(15(18-12)9(2)17)10-6-4-3-5-7-10/h3-7,11H,1-2H3,(H,13,14,16)/t11-/m0/s1. The Hall–Kier alpha value is -1.82. The van der Waals surface area contributed by atoms with Crippen molar-refractivity contribution in [3.05, 3.63) is 35.9 Å². The number of benzene rings is 1. The van der Waals surface area contributed by atoms with E-state index in [0.29, 0.717) is 5.17 Å². The number of aliphatic imine (C=N–C) groups is 1. The van der Waals surface area contributed by atoms with Crippen LogP contribution in [-0.4, -0.2) is 21.3 Å². The van der Waals surface area contributed by atoms with Gasteiger partial charge in [0.2, 0.25) is 11.8 Å². The van der Waals surface area contributed by atoms with Crippen LogP contribution >= 0.6 is 11.9 Å². The van der Waals surface area contributed by atoms with Crippen molar-refractivity contribution in [3.8, 4) is 0 Å². The predicted octanol–water partition coefficient (Wildman–Crippen LogP) is 1.69. The van der Waals surface area contributed by atoms with Crippen molar-refractivity contribution in [3.63, 3.8) is 0 Å². The van der Waals surface area contributed by atoms with Gasteiger partial charge in [-0.15, -0.1) is 0 Å². The molecule has 5 nitrogen and oxygen atoms in total. The van der Waals surface area contributed by atoms with Crippen LogP contribution in [0.25, 0.3) is 0 Å². The number of hydrogen-bond donors (Lipinski definition) is 1. The van der Waals surface area contributed by atoms with E-state index in [9.17, 15) is 9.59 Å². The predicted molar refractivity (Wildman–Crippen MR) is 70.5 cm³/mol. The van der Waals surface area contributed by atoms with Gasteiger partial charge in [-0.3, -0.25) is 13.9 Å². The van der Waals surface area contributed by atoms with Gasteiger partial charge < -0.3 is 5.32 Å². The molecule has 0 aliphatic carbocycles. The number of amides is 2. The van der Waals surface area contributed by atoms with E-state index in [2.05, 4.69) is 10.3 Å². The molecule has 0 fully saturated rings. The Morgan fingerprint density at radius 3 is 2.50 bits per heavy atom. The second kappa shape index (κ2) is 5.22. The molecule has 1 aromatic carbocycles. The fourth-order valence-corrected chi connectivity index (χ4v) is 2.53. The molecule has 18 heavy (non-hydrogen) atoms. The van der Waals surface area contributed by atoms with Gasteiger partial charge in [0.25, 0.3) is 0 Å². The molecule has 0 spiro atoms. The molecule has 0 unspecified atom stereocenters. The minimum absolute atomic E-state index is 0.0991. The number of hydrogen-bond acceptors (Lipinski definition) is 4. The average Bonchev–Trinajstić information content (AvgIpc) is 2.73. The summed E-state index contributed by atoms with van der Waals surface area (Å²) < 4.78 is 1.54. The third-order valence-corrected chi connectivity index (χ3v) is 3.37. The maximum atomic E-state index is 11.6. The van der Waals surface area contributed by atoms with Gasteiger partial charge in [0.1, 0.15) is 0 Å². The largest absolute Gasteiger partial charge is 0.304 e. The molecule has 0 saturated heterocycles. The summed E-state index contributed by atoms with van der Waals surface area (Å²) in [6.45, 7) is 2.90. The van der Waals surface area contributed by atoms with Crippen molar-refractivity contribution in [2.45, 2.75) is 20.0 Å². The highest BCUT2D eigenvalue weighted by molar-refractivity contribution is 8.12. The highest BCUT2D eigenvalue weighted by atomic mass is 32.2. The van der Waals surface area contributed by atoms with Crippen molar-refractivity contribution in [2.24, 2.45) is 4.99 Å². The minimum atomic E-state index is -0.379. The molecule has 94 valence electrons. The Balaban J connectivity index is 2.27. The van der Waals surface area contributed by atoms with Crippen molar-refractivity contribution < 1.29 is 9.59 Å². The lowest BCUT2D eigenvalue weighted by atomic mass is 10.2. The van der Waals surface area contributed by atoms with Gasteiger partial charge in [-0.1, -0.05) is 30.3 Å². The van der Waals surface area contributed by atoms with E-state index in [1.165, 1.54) is 13.8 Å². The van der Waals surface area contributed by atoms with Crippen LogP contribution in [0.5, 0.6) is 0 Å². The topological polar surface area (TPSA) is 61.8 Å². The van der Waals surface area contributed by atoms with Crippen LogP contribution < -0.4 is 5.32 Å². The first-order valence-corrected chi connectivity index (χ1v) is 6.23. The van der Waals surface area contributed by atoms with Crippen LogP contribution in [0.3, 0.4) is 0 Å². The molecule has 1 heterocycles. The Labute approximate surface area is 109 Å². The molecule has 1 aliphatic rings. The van der Waals surface area contributed by atoms with Gasteiger partial charge in [-0.05, 0) is 5.56 Å². The summed E-state index contributed by atoms with van der Waals surface area (Å²) in [7, 11) is 0. The molecule has 1 atom stereocenters. The molecule has 2 amide bonds. The minimum Gasteiger partial charge on any atom is -0.304 e. The number of amidine groups is 1. The molecule has 1 aliphatic heterocycles. The zero-order valence-corrected chi connectivity index (χ0v) is 10.9. The lowest BCUT2D eigenvalue weighted by Gasteiger charge is -2.19. The zero-order chi connectivity index (χ0) is 13.1. The monoisotopic (exact) mass is 263 g/mol. The van der Waals surface area contributed by atoms with Crippen molar-refractivity contribution >= 4 is 28.9 Å². The SMILES string of the molecule is CC(=O)NC1=N[C@H](c2ccccc2)N(C(C)=O)S1. The van der Waals surface area contributed by atoms with E-state index in [-0.39, 0.29) is 18.0 Å². The summed E-state index contributed by atoms with van der Waals surface area (Å²) >= 11 is 1.15. The molecular formula is C12H13N3O2S. The van der Waals surface area contributed by atoms with Gasteiger partial charge in [-0.25, -0.2) is 4.99 Å². The second-order valence-electron chi connectivity index (χ2n) is 3.84. The summed E-state index contributed by atoms with van der Waals surface area (Å²) in [4.78, 5) is 26.9. The molecule has 2 rings (SSSR count). The summed E-state index contributed by atoms with van der Waals surface area (Å²) in [5.74, 6) is -0.295. The smallest absolute Gasteiger partial charge is 0.231 e. The quantitative estimate of drug-likeness (QED) is 0.784. The van der Waals surface area contributed by atoms with E-state index in [0.717, 1.165) is 17.5 Å². The summed E-state index contributed by atoms with van der Waals surface area (Å²) in [6, 6.07) is 9.50. The number of nitrogens with zero attached hydrogens (tertiary/aromatic N) is 2. The zero-order valence-electron chi connectivity index (χ0n) is 10.1. The van der Waals surface area contributed by atoms with Crippen LogP contribution in [0.4, 0.5) is 0 Å². The molecule has 0 bridgehead atoms. The van der Waals surface area contributed by atoms with E-state index in [1.54, 1.807) is 4.31 Å². The number of carbonyl (C=O) groups excluding carboxylic acids is 2. The summed E-state index contributed by atoms with van der Waals surface area (Å²) in [6.07, 6.45) is -0.379. The van der Waals surface area contributed by atoms with E-state index < -0.39 is 0 Å². The Bertz CT molecular complexity index is 501. The first kappa shape index (κ1) is 12.6. The van der Waals surface area contributed by atoms with Gasteiger partial charge in [0, 0.05) is 25.8 Å². The van der Waals surface area contributed by atoms with Gasteiger partial charge in [-0.2, -0.15) is 0 Å². The fraction of sp³-hybridized carbons (Fsp3) is 0.250. The van der Waals surface area contributed by atoms with Crippen LogP contribution in [0.2, 0.25) is 0 Å². The molecular weight excluding hydrogens is 250 g/mol.